The quantitative estimate of drug-likeness (QED) is 0.135. The maximum Gasteiger partial charge on any atom is -0.00201 e. The first-order valence-electron chi connectivity index (χ1n) is 17.4. The lowest BCUT2D eigenvalue weighted by atomic mass is 9.82. The van der Waals surface area contributed by atoms with Crippen molar-refractivity contribution in [2.45, 2.75) is 0 Å². The van der Waals surface area contributed by atoms with Gasteiger partial charge in [-0.1, -0.05) is 182 Å². The molecule has 0 N–H and O–H groups in total. The second-order valence-electron chi connectivity index (χ2n) is 13.5. The predicted octanol–water partition coefficient (Wildman–Crippen LogP) is 14.2. The van der Waals surface area contributed by atoms with E-state index in [9.17, 15) is 0 Å². The highest BCUT2D eigenvalue weighted by Crippen LogP contribution is 2.49. The van der Waals surface area contributed by atoms with Crippen LogP contribution >= 0.6 is 0 Å². The molecule has 0 aliphatic heterocycles. The zero-order valence-corrected chi connectivity index (χ0v) is 27.3. The molecule has 0 atom stereocenters. The third-order valence-electron chi connectivity index (χ3n) is 11.0. The third kappa shape index (κ3) is 3.82. The molecule has 0 aromatic heterocycles. The molecular weight excluding hydrogens is 601 g/mol. The van der Waals surface area contributed by atoms with Crippen LogP contribution in [0.1, 0.15) is 0 Å². The van der Waals surface area contributed by atoms with Gasteiger partial charge in [-0.05, 0) is 109 Å². The van der Waals surface area contributed by atoms with E-state index in [4.69, 9.17) is 0 Å². The van der Waals surface area contributed by atoms with Gasteiger partial charge >= 0.3 is 0 Å². The SMILES string of the molecule is c1ccc2c(-c3c4ccccc4c(-c4ccc5ccc6c(-c7cccc8ccccc78)ccc7ccc4c5c76)c4ccccc34)cccc2c1. The Hall–Kier alpha value is -6.50. The maximum atomic E-state index is 2.36. The molecular formula is C50H30. The molecule has 50 heavy (non-hydrogen) atoms. The van der Waals surface area contributed by atoms with E-state index in [0.29, 0.717) is 0 Å². The van der Waals surface area contributed by atoms with E-state index in [1.54, 1.807) is 0 Å². The van der Waals surface area contributed by atoms with Crippen LogP contribution in [0.4, 0.5) is 0 Å². The summed E-state index contributed by atoms with van der Waals surface area (Å²) in [5, 5.41) is 18.0. The van der Waals surface area contributed by atoms with Crippen molar-refractivity contribution in [2.75, 3.05) is 0 Å². The summed E-state index contributed by atoms with van der Waals surface area (Å²) in [6, 6.07) is 67.6. The van der Waals surface area contributed by atoms with Crippen molar-refractivity contribution in [1.82, 2.24) is 0 Å². The standard InChI is InChI=1S/C50H30/c1-3-15-35-31(11-1)13-9-21-37(35)38-27-23-33-25-29-45-46(30-26-34-24-28-44(38)47(33)48(34)45)50-42-19-7-5-17-40(42)49(41-18-6-8-20-43(41)50)39-22-10-14-32-12-2-4-16-36(32)39/h1-30H. The molecule has 11 rings (SSSR count). The predicted molar refractivity (Wildman–Crippen MR) is 216 cm³/mol. The van der Waals surface area contributed by atoms with E-state index < -0.39 is 0 Å². The molecule has 0 heteroatoms. The van der Waals surface area contributed by atoms with Crippen molar-refractivity contribution in [1.29, 1.82) is 0 Å². The van der Waals surface area contributed by atoms with Crippen LogP contribution in [-0.2, 0) is 0 Å². The molecule has 0 saturated heterocycles. The average molecular weight is 631 g/mol. The second kappa shape index (κ2) is 10.5. The van der Waals surface area contributed by atoms with Gasteiger partial charge in [0.1, 0.15) is 0 Å². The molecule has 0 bridgehead atoms. The molecule has 11 aromatic carbocycles. The van der Waals surface area contributed by atoms with Crippen molar-refractivity contribution in [3.63, 3.8) is 0 Å². The lowest BCUT2D eigenvalue weighted by Crippen LogP contribution is -1.93. The highest BCUT2D eigenvalue weighted by atomic mass is 14.2. The van der Waals surface area contributed by atoms with Crippen LogP contribution in [0.15, 0.2) is 182 Å². The second-order valence-corrected chi connectivity index (χ2v) is 13.5. The summed E-state index contributed by atoms with van der Waals surface area (Å²) >= 11 is 0. The highest BCUT2D eigenvalue weighted by Gasteiger charge is 2.21. The largest absolute Gasteiger partial charge is 0.0616 e. The Labute approximate surface area is 289 Å². The van der Waals surface area contributed by atoms with Crippen molar-refractivity contribution < 1.29 is 0 Å². The minimum atomic E-state index is 1.26. The summed E-state index contributed by atoms with van der Waals surface area (Å²) in [5.74, 6) is 0. The van der Waals surface area contributed by atoms with Crippen molar-refractivity contribution in [3.8, 4) is 33.4 Å². The van der Waals surface area contributed by atoms with Gasteiger partial charge in [0.15, 0.2) is 0 Å². The van der Waals surface area contributed by atoms with Gasteiger partial charge in [-0.2, -0.15) is 0 Å². The average Bonchev–Trinajstić information content (AvgIpc) is 3.18. The first kappa shape index (κ1) is 27.5. The van der Waals surface area contributed by atoms with E-state index in [0.717, 1.165) is 0 Å². The Morgan fingerprint density at radius 1 is 0.180 bits per heavy atom. The number of fused-ring (bicyclic) bond motifs is 4. The molecule has 0 heterocycles. The van der Waals surface area contributed by atoms with E-state index in [1.165, 1.54) is 109 Å². The summed E-state index contributed by atoms with van der Waals surface area (Å²) in [4.78, 5) is 0. The van der Waals surface area contributed by atoms with Crippen molar-refractivity contribution in [2.24, 2.45) is 0 Å². The third-order valence-corrected chi connectivity index (χ3v) is 11.0. The zero-order chi connectivity index (χ0) is 32.8. The molecule has 0 unspecified atom stereocenters. The van der Waals surface area contributed by atoms with Crippen molar-refractivity contribution >= 4 is 75.4 Å². The molecule has 0 saturated carbocycles. The number of benzene rings is 11. The molecule has 11 aromatic rings. The van der Waals surface area contributed by atoms with Crippen LogP contribution in [-0.4, -0.2) is 0 Å². The fourth-order valence-corrected chi connectivity index (χ4v) is 8.87. The zero-order valence-electron chi connectivity index (χ0n) is 27.3. The minimum Gasteiger partial charge on any atom is -0.0616 e. The smallest absolute Gasteiger partial charge is 0.00201 e. The number of hydrogen-bond donors (Lipinski definition) is 0. The maximum absolute atomic E-state index is 2.36. The van der Waals surface area contributed by atoms with Gasteiger partial charge in [0, 0.05) is 0 Å². The van der Waals surface area contributed by atoms with Gasteiger partial charge in [-0.3, -0.25) is 0 Å². The monoisotopic (exact) mass is 630 g/mol. The summed E-state index contributed by atoms with van der Waals surface area (Å²) in [5.41, 5.74) is 7.71. The van der Waals surface area contributed by atoms with E-state index in [1.807, 2.05) is 0 Å². The minimum absolute atomic E-state index is 1.26. The number of hydrogen-bond acceptors (Lipinski definition) is 0. The molecule has 230 valence electrons. The highest BCUT2D eigenvalue weighted by molar-refractivity contribution is 6.31. The molecule has 0 radical (unpaired) electrons. The molecule has 0 fully saturated rings. The van der Waals surface area contributed by atoms with Crippen LogP contribution in [0, 0.1) is 0 Å². The van der Waals surface area contributed by atoms with Gasteiger partial charge in [0.05, 0.1) is 0 Å². The van der Waals surface area contributed by atoms with E-state index in [-0.39, 0.29) is 0 Å². The Morgan fingerprint density at radius 3 is 1.06 bits per heavy atom. The molecule has 0 aliphatic carbocycles. The lowest BCUT2D eigenvalue weighted by molar-refractivity contribution is 1.69. The van der Waals surface area contributed by atoms with Gasteiger partial charge < -0.3 is 0 Å². The lowest BCUT2D eigenvalue weighted by Gasteiger charge is -2.21. The van der Waals surface area contributed by atoms with E-state index >= 15 is 0 Å². The van der Waals surface area contributed by atoms with Gasteiger partial charge in [-0.25, -0.2) is 0 Å². The molecule has 0 aliphatic rings. The summed E-state index contributed by atoms with van der Waals surface area (Å²) in [6.45, 7) is 0. The van der Waals surface area contributed by atoms with Crippen LogP contribution in [0.5, 0.6) is 0 Å². The first-order chi connectivity index (χ1) is 24.8. The first-order valence-corrected chi connectivity index (χ1v) is 17.4. The summed E-state index contributed by atoms with van der Waals surface area (Å²) in [6.07, 6.45) is 0. The van der Waals surface area contributed by atoms with Crippen LogP contribution in [0.2, 0.25) is 0 Å². The Morgan fingerprint density at radius 2 is 0.520 bits per heavy atom. The molecule has 0 spiro atoms. The Balaban J connectivity index is 1.25. The van der Waals surface area contributed by atoms with Crippen molar-refractivity contribution in [3.05, 3.63) is 182 Å². The van der Waals surface area contributed by atoms with Crippen LogP contribution in [0.3, 0.4) is 0 Å². The van der Waals surface area contributed by atoms with Gasteiger partial charge in [0.25, 0.3) is 0 Å². The fraction of sp³-hybridized carbons (Fsp3) is 0. The topological polar surface area (TPSA) is 0 Å². The molecule has 0 nitrogen and oxygen atoms in total. The summed E-state index contributed by atoms with van der Waals surface area (Å²) < 4.78 is 0. The summed E-state index contributed by atoms with van der Waals surface area (Å²) in [7, 11) is 0. The normalized spacial score (nSPS) is 12.0. The molecule has 0 amide bonds. The van der Waals surface area contributed by atoms with Crippen LogP contribution in [0.25, 0.3) is 109 Å². The number of rotatable bonds is 3. The Kier molecular flexibility index (Phi) is 5.76. The van der Waals surface area contributed by atoms with E-state index in [2.05, 4.69) is 182 Å². The Bertz CT molecular complexity index is 3080. The fourth-order valence-electron chi connectivity index (χ4n) is 8.87. The van der Waals surface area contributed by atoms with Gasteiger partial charge in [0.2, 0.25) is 0 Å². The van der Waals surface area contributed by atoms with Crippen LogP contribution < -0.4 is 0 Å². The van der Waals surface area contributed by atoms with Gasteiger partial charge in [-0.15, -0.1) is 0 Å².